The maximum absolute atomic E-state index is 13.2. The Kier molecular flexibility index (Phi) is 3.19. The summed E-state index contributed by atoms with van der Waals surface area (Å²) in [5.74, 6) is -1.25. The van der Waals surface area contributed by atoms with E-state index in [4.69, 9.17) is 5.11 Å². The van der Waals surface area contributed by atoms with Crippen molar-refractivity contribution in [1.82, 2.24) is 0 Å². The molecule has 0 saturated carbocycles. The second-order valence-electron chi connectivity index (χ2n) is 2.70. The molecule has 0 heterocycles. The van der Waals surface area contributed by atoms with E-state index >= 15 is 0 Å². The maximum Gasteiger partial charge on any atom is 0.152 e. The molecule has 0 atom stereocenters. The molecule has 0 aliphatic rings. The average Bonchev–Trinajstić information content (AvgIpc) is 2.12. The lowest BCUT2D eigenvalue weighted by Gasteiger charge is -2.08. The molecule has 1 rings (SSSR count). The third kappa shape index (κ3) is 2.15. The van der Waals surface area contributed by atoms with E-state index in [9.17, 15) is 8.78 Å². The molecular weight excluding hydrogens is 176 g/mol. The smallest absolute Gasteiger partial charge is 0.152 e. The molecule has 2 N–H and O–H groups in total. The summed E-state index contributed by atoms with van der Waals surface area (Å²) in [6.07, 6.45) is 0. The van der Waals surface area contributed by atoms with Gasteiger partial charge in [-0.2, -0.15) is 0 Å². The Labute approximate surface area is 75.2 Å². The van der Waals surface area contributed by atoms with Crippen molar-refractivity contribution in [3.8, 4) is 0 Å². The van der Waals surface area contributed by atoms with Gasteiger partial charge in [-0.15, -0.1) is 0 Å². The monoisotopic (exact) mass is 187 g/mol. The van der Waals surface area contributed by atoms with Crippen molar-refractivity contribution < 1.29 is 13.9 Å². The van der Waals surface area contributed by atoms with Gasteiger partial charge in [0.1, 0.15) is 11.5 Å². The summed E-state index contributed by atoms with van der Waals surface area (Å²) in [6, 6.07) is 2.56. The molecule has 0 aliphatic heterocycles. The fourth-order valence-electron chi connectivity index (χ4n) is 1.000. The minimum absolute atomic E-state index is 0.136. The molecule has 1 aromatic rings. The molecule has 0 radical (unpaired) electrons. The first-order chi connectivity index (χ1) is 6.16. The van der Waals surface area contributed by atoms with Crippen LogP contribution in [0.15, 0.2) is 12.1 Å². The van der Waals surface area contributed by atoms with Crippen molar-refractivity contribution in [2.75, 3.05) is 18.5 Å². The molecule has 72 valence electrons. The Morgan fingerprint density at radius 2 is 2.08 bits per heavy atom. The van der Waals surface area contributed by atoms with Gasteiger partial charge in [-0.25, -0.2) is 8.78 Å². The molecule has 2 nitrogen and oxygen atoms in total. The van der Waals surface area contributed by atoms with E-state index in [0.717, 1.165) is 0 Å². The van der Waals surface area contributed by atoms with Gasteiger partial charge in [0.25, 0.3) is 0 Å². The van der Waals surface area contributed by atoms with Crippen molar-refractivity contribution in [1.29, 1.82) is 0 Å². The highest BCUT2D eigenvalue weighted by Gasteiger charge is 2.09. The minimum atomic E-state index is -0.642. The van der Waals surface area contributed by atoms with E-state index in [1.54, 1.807) is 6.92 Å². The average molecular weight is 187 g/mol. The number of aryl methyl sites for hydroxylation is 1. The number of anilines is 1. The zero-order valence-corrected chi connectivity index (χ0v) is 7.27. The lowest BCUT2D eigenvalue weighted by molar-refractivity contribution is 0.310. The largest absolute Gasteiger partial charge is 0.395 e. The summed E-state index contributed by atoms with van der Waals surface area (Å²) < 4.78 is 26.2. The molecule has 4 heteroatoms. The Hall–Kier alpha value is -1.16. The topological polar surface area (TPSA) is 32.3 Å². The van der Waals surface area contributed by atoms with Crippen LogP contribution in [0.25, 0.3) is 0 Å². The molecule has 0 fully saturated rings. The lowest BCUT2D eigenvalue weighted by atomic mass is 10.2. The van der Waals surface area contributed by atoms with Gasteiger partial charge in [-0.05, 0) is 18.6 Å². The Morgan fingerprint density at radius 3 is 2.69 bits per heavy atom. The summed E-state index contributed by atoms with van der Waals surface area (Å²) in [5.41, 5.74) is 0.205. The molecule has 0 aromatic heterocycles. The molecule has 0 spiro atoms. The number of rotatable bonds is 3. The van der Waals surface area contributed by atoms with Gasteiger partial charge in [0.15, 0.2) is 5.82 Å². The third-order valence-corrected chi connectivity index (χ3v) is 1.70. The van der Waals surface area contributed by atoms with E-state index < -0.39 is 11.6 Å². The van der Waals surface area contributed by atoms with Gasteiger partial charge in [-0.1, -0.05) is 6.07 Å². The van der Waals surface area contributed by atoms with Crippen LogP contribution >= 0.6 is 0 Å². The van der Waals surface area contributed by atoms with Crippen molar-refractivity contribution in [3.05, 3.63) is 29.3 Å². The normalized spacial score (nSPS) is 10.2. The second kappa shape index (κ2) is 4.18. The van der Waals surface area contributed by atoms with Gasteiger partial charge in [0.05, 0.1) is 6.61 Å². The van der Waals surface area contributed by atoms with E-state index in [-0.39, 0.29) is 18.8 Å². The SMILES string of the molecule is Cc1ccc(F)c(NCCO)c1F. The number of hydrogen-bond donors (Lipinski definition) is 2. The van der Waals surface area contributed by atoms with Crippen LogP contribution in [0.1, 0.15) is 5.56 Å². The quantitative estimate of drug-likeness (QED) is 0.754. The lowest BCUT2D eigenvalue weighted by Crippen LogP contribution is -2.09. The van der Waals surface area contributed by atoms with Gasteiger partial charge in [-0.3, -0.25) is 0 Å². The zero-order chi connectivity index (χ0) is 9.84. The molecule has 0 saturated heterocycles. The molecule has 0 aliphatic carbocycles. The standard InChI is InChI=1S/C9H11F2NO/c1-6-2-3-7(10)9(8(6)11)12-4-5-13/h2-3,12-13H,4-5H2,1H3. The van der Waals surface area contributed by atoms with Crippen LogP contribution in [0.3, 0.4) is 0 Å². The summed E-state index contributed by atoms with van der Waals surface area (Å²) in [5, 5.41) is 10.9. The summed E-state index contributed by atoms with van der Waals surface area (Å²) in [6.45, 7) is 1.53. The highest BCUT2D eigenvalue weighted by atomic mass is 19.1. The van der Waals surface area contributed by atoms with E-state index in [1.165, 1.54) is 12.1 Å². The zero-order valence-electron chi connectivity index (χ0n) is 7.27. The van der Waals surface area contributed by atoms with Crippen molar-refractivity contribution >= 4 is 5.69 Å². The molecule has 0 amide bonds. The van der Waals surface area contributed by atoms with Gasteiger partial charge in [0.2, 0.25) is 0 Å². The van der Waals surface area contributed by atoms with Crippen LogP contribution in [0.4, 0.5) is 14.5 Å². The van der Waals surface area contributed by atoms with E-state index in [2.05, 4.69) is 5.32 Å². The van der Waals surface area contributed by atoms with Crippen molar-refractivity contribution in [3.63, 3.8) is 0 Å². The first-order valence-corrected chi connectivity index (χ1v) is 3.96. The fraction of sp³-hybridized carbons (Fsp3) is 0.333. The number of halogens is 2. The first-order valence-electron chi connectivity index (χ1n) is 3.96. The Bertz CT molecular complexity index is 302. The Balaban J connectivity index is 2.96. The van der Waals surface area contributed by atoms with Crippen LogP contribution < -0.4 is 5.32 Å². The third-order valence-electron chi connectivity index (χ3n) is 1.70. The van der Waals surface area contributed by atoms with E-state index in [0.29, 0.717) is 5.56 Å². The van der Waals surface area contributed by atoms with Crippen LogP contribution in [0.5, 0.6) is 0 Å². The summed E-state index contributed by atoms with van der Waals surface area (Å²) in [7, 11) is 0. The summed E-state index contributed by atoms with van der Waals surface area (Å²) in [4.78, 5) is 0. The molecule has 13 heavy (non-hydrogen) atoms. The summed E-state index contributed by atoms with van der Waals surface area (Å²) >= 11 is 0. The number of benzene rings is 1. The number of nitrogens with one attached hydrogen (secondary N) is 1. The molecular formula is C9H11F2NO. The fourth-order valence-corrected chi connectivity index (χ4v) is 1.000. The number of aliphatic hydroxyl groups is 1. The van der Waals surface area contributed by atoms with Gasteiger partial charge >= 0.3 is 0 Å². The van der Waals surface area contributed by atoms with Crippen LogP contribution in [-0.4, -0.2) is 18.3 Å². The predicted octanol–water partition coefficient (Wildman–Crippen LogP) is 1.68. The van der Waals surface area contributed by atoms with E-state index in [1.807, 2.05) is 0 Å². The highest BCUT2D eigenvalue weighted by molar-refractivity contribution is 5.48. The second-order valence-corrected chi connectivity index (χ2v) is 2.70. The van der Waals surface area contributed by atoms with Gasteiger partial charge < -0.3 is 10.4 Å². The number of aliphatic hydroxyl groups excluding tert-OH is 1. The minimum Gasteiger partial charge on any atom is -0.395 e. The van der Waals surface area contributed by atoms with Crippen LogP contribution in [0.2, 0.25) is 0 Å². The van der Waals surface area contributed by atoms with Crippen LogP contribution in [0, 0.1) is 18.6 Å². The first kappa shape index (κ1) is 9.92. The number of hydrogen-bond acceptors (Lipinski definition) is 2. The van der Waals surface area contributed by atoms with Crippen molar-refractivity contribution in [2.24, 2.45) is 0 Å². The molecule has 1 aromatic carbocycles. The highest BCUT2D eigenvalue weighted by Crippen LogP contribution is 2.20. The maximum atomic E-state index is 13.2. The molecule has 0 bridgehead atoms. The predicted molar refractivity (Wildman–Crippen MR) is 46.7 cm³/mol. The van der Waals surface area contributed by atoms with Gasteiger partial charge in [0, 0.05) is 6.54 Å². The molecule has 0 unspecified atom stereocenters. The van der Waals surface area contributed by atoms with Crippen LogP contribution in [-0.2, 0) is 0 Å². The van der Waals surface area contributed by atoms with Crippen molar-refractivity contribution in [2.45, 2.75) is 6.92 Å². The Morgan fingerprint density at radius 1 is 1.38 bits per heavy atom.